The molecule has 0 spiro atoms. The summed E-state index contributed by atoms with van der Waals surface area (Å²) >= 11 is 0. The third kappa shape index (κ3) is 4.32. The number of nitriles is 1. The number of nitrogens with one attached hydrogen (secondary N) is 1. The molecule has 1 aliphatic rings. The summed E-state index contributed by atoms with van der Waals surface area (Å²) < 4.78 is 5.01. The van der Waals surface area contributed by atoms with Gasteiger partial charge in [0, 0.05) is 6.04 Å². The lowest BCUT2D eigenvalue weighted by Crippen LogP contribution is -2.42. The second-order valence-corrected chi connectivity index (χ2v) is 5.70. The molecule has 2 atom stereocenters. The first-order valence-electron chi connectivity index (χ1n) is 7.57. The van der Waals surface area contributed by atoms with Crippen LogP contribution in [0.3, 0.4) is 0 Å². The Kier molecular flexibility index (Phi) is 5.54. The van der Waals surface area contributed by atoms with Crippen molar-refractivity contribution in [1.82, 2.24) is 5.32 Å². The Morgan fingerprint density at radius 2 is 1.95 bits per heavy atom. The van der Waals surface area contributed by atoms with Crippen LogP contribution in [0, 0.1) is 17.2 Å². The fourth-order valence-electron chi connectivity index (χ4n) is 2.67. The number of ether oxygens (including phenoxy) is 1. The first kappa shape index (κ1) is 16.0. The first-order chi connectivity index (χ1) is 10.6. The maximum Gasteiger partial charge on any atom is 0.338 e. The number of esters is 1. The molecule has 0 saturated heterocycles. The second kappa shape index (κ2) is 7.60. The number of amides is 1. The zero-order chi connectivity index (χ0) is 15.9. The number of rotatable bonds is 4. The van der Waals surface area contributed by atoms with Gasteiger partial charge in [-0.3, -0.25) is 4.79 Å². The Hall–Kier alpha value is -2.35. The highest BCUT2D eigenvalue weighted by Gasteiger charge is 2.23. The van der Waals surface area contributed by atoms with E-state index in [0.717, 1.165) is 19.3 Å². The SMILES string of the molecule is C[C@H]1CCCC[C@H]1NC(=O)COC(=O)c1ccc(C#N)cc1. The van der Waals surface area contributed by atoms with Crippen molar-refractivity contribution in [2.75, 3.05) is 6.61 Å². The third-order valence-electron chi connectivity index (χ3n) is 4.04. The van der Waals surface area contributed by atoms with Crippen molar-refractivity contribution in [2.45, 2.75) is 38.6 Å². The van der Waals surface area contributed by atoms with Crippen LogP contribution >= 0.6 is 0 Å². The summed E-state index contributed by atoms with van der Waals surface area (Å²) in [7, 11) is 0. The Labute approximate surface area is 130 Å². The number of hydrogen-bond acceptors (Lipinski definition) is 4. The minimum atomic E-state index is -0.559. The van der Waals surface area contributed by atoms with Crippen LogP contribution in [-0.2, 0) is 9.53 Å². The van der Waals surface area contributed by atoms with Crippen molar-refractivity contribution in [2.24, 2.45) is 5.92 Å². The van der Waals surface area contributed by atoms with Crippen molar-refractivity contribution >= 4 is 11.9 Å². The summed E-state index contributed by atoms with van der Waals surface area (Å²) in [5, 5.41) is 11.6. The zero-order valence-electron chi connectivity index (χ0n) is 12.7. The van der Waals surface area contributed by atoms with Crippen molar-refractivity contribution in [3.05, 3.63) is 35.4 Å². The molecular formula is C17H20N2O3. The lowest BCUT2D eigenvalue weighted by Gasteiger charge is -2.29. The van der Waals surface area contributed by atoms with E-state index >= 15 is 0 Å². The van der Waals surface area contributed by atoms with Crippen molar-refractivity contribution in [1.29, 1.82) is 5.26 Å². The van der Waals surface area contributed by atoms with Crippen molar-refractivity contribution in [3.8, 4) is 6.07 Å². The van der Waals surface area contributed by atoms with Gasteiger partial charge in [0.1, 0.15) is 0 Å². The second-order valence-electron chi connectivity index (χ2n) is 5.70. The number of carbonyl (C=O) groups is 2. The van der Waals surface area contributed by atoms with Crippen LogP contribution in [-0.4, -0.2) is 24.5 Å². The lowest BCUT2D eigenvalue weighted by atomic mass is 9.86. The van der Waals surface area contributed by atoms with E-state index in [1.54, 1.807) is 12.1 Å². The molecule has 116 valence electrons. The van der Waals surface area contributed by atoms with E-state index in [4.69, 9.17) is 10.00 Å². The van der Waals surface area contributed by atoms with Gasteiger partial charge in [-0.25, -0.2) is 4.79 Å². The summed E-state index contributed by atoms with van der Waals surface area (Å²) in [6.45, 7) is 1.86. The molecular weight excluding hydrogens is 280 g/mol. The highest BCUT2D eigenvalue weighted by molar-refractivity contribution is 5.91. The van der Waals surface area contributed by atoms with Crippen LogP contribution in [0.15, 0.2) is 24.3 Å². The van der Waals surface area contributed by atoms with Gasteiger partial charge in [-0.15, -0.1) is 0 Å². The molecule has 0 aliphatic heterocycles. The molecule has 1 N–H and O–H groups in total. The van der Waals surface area contributed by atoms with E-state index in [1.165, 1.54) is 18.6 Å². The van der Waals surface area contributed by atoms with E-state index in [0.29, 0.717) is 17.0 Å². The number of benzene rings is 1. The molecule has 1 amide bonds. The molecule has 1 aliphatic carbocycles. The normalized spacial score (nSPS) is 20.7. The molecule has 1 aromatic rings. The van der Waals surface area contributed by atoms with Gasteiger partial charge in [0.2, 0.25) is 0 Å². The molecule has 0 heterocycles. The molecule has 0 unspecified atom stereocenters. The van der Waals surface area contributed by atoms with Crippen LogP contribution in [0.25, 0.3) is 0 Å². The molecule has 1 saturated carbocycles. The Morgan fingerprint density at radius 3 is 2.59 bits per heavy atom. The highest BCUT2D eigenvalue weighted by atomic mass is 16.5. The van der Waals surface area contributed by atoms with Crippen LogP contribution in [0.2, 0.25) is 0 Å². The van der Waals surface area contributed by atoms with Crippen LogP contribution in [0.5, 0.6) is 0 Å². The average Bonchev–Trinajstić information content (AvgIpc) is 2.55. The Balaban J connectivity index is 1.80. The zero-order valence-corrected chi connectivity index (χ0v) is 12.7. The number of nitrogens with zero attached hydrogens (tertiary/aromatic N) is 1. The van der Waals surface area contributed by atoms with Gasteiger partial charge < -0.3 is 10.1 Å². The molecule has 0 bridgehead atoms. The molecule has 22 heavy (non-hydrogen) atoms. The standard InChI is InChI=1S/C17H20N2O3/c1-12-4-2-3-5-15(12)19-16(20)11-22-17(21)14-8-6-13(10-18)7-9-14/h6-9,12,15H,2-5,11H2,1H3,(H,19,20)/t12-,15+/m0/s1. The summed E-state index contributed by atoms with van der Waals surface area (Å²) in [6, 6.07) is 8.27. The monoisotopic (exact) mass is 300 g/mol. The van der Waals surface area contributed by atoms with Gasteiger partial charge in [-0.1, -0.05) is 19.8 Å². The van der Waals surface area contributed by atoms with Gasteiger partial charge in [0.15, 0.2) is 6.61 Å². The third-order valence-corrected chi connectivity index (χ3v) is 4.04. The predicted octanol–water partition coefficient (Wildman–Crippen LogP) is 2.41. The van der Waals surface area contributed by atoms with Crippen LogP contribution in [0.4, 0.5) is 0 Å². The number of hydrogen-bond donors (Lipinski definition) is 1. The van der Waals surface area contributed by atoms with Gasteiger partial charge in [-0.05, 0) is 43.0 Å². The maximum atomic E-state index is 11.9. The number of carbonyl (C=O) groups excluding carboxylic acids is 2. The van der Waals surface area contributed by atoms with Gasteiger partial charge in [0.25, 0.3) is 5.91 Å². The lowest BCUT2D eigenvalue weighted by molar-refractivity contribution is -0.125. The summed E-state index contributed by atoms with van der Waals surface area (Å²) in [6.07, 6.45) is 4.44. The first-order valence-corrected chi connectivity index (χ1v) is 7.57. The molecule has 1 aromatic carbocycles. The molecule has 5 heteroatoms. The molecule has 0 radical (unpaired) electrons. The minimum Gasteiger partial charge on any atom is -0.452 e. The fourth-order valence-corrected chi connectivity index (χ4v) is 2.67. The van der Waals surface area contributed by atoms with E-state index < -0.39 is 5.97 Å². The van der Waals surface area contributed by atoms with Crippen LogP contribution in [0.1, 0.15) is 48.5 Å². The average molecular weight is 300 g/mol. The van der Waals surface area contributed by atoms with Crippen LogP contribution < -0.4 is 5.32 Å². The minimum absolute atomic E-state index is 0.176. The van der Waals surface area contributed by atoms with Gasteiger partial charge in [-0.2, -0.15) is 5.26 Å². The van der Waals surface area contributed by atoms with E-state index in [-0.39, 0.29) is 18.6 Å². The summed E-state index contributed by atoms with van der Waals surface area (Å²) in [5.41, 5.74) is 0.804. The van der Waals surface area contributed by atoms with Crippen molar-refractivity contribution < 1.29 is 14.3 Å². The van der Waals surface area contributed by atoms with Gasteiger partial charge in [0.05, 0.1) is 17.2 Å². The van der Waals surface area contributed by atoms with E-state index in [1.807, 2.05) is 6.07 Å². The maximum absolute atomic E-state index is 11.9. The summed E-state index contributed by atoms with van der Waals surface area (Å²) in [4.78, 5) is 23.7. The Bertz CT molecular complexity index is 575. The largest absolute Gasteiger partial charge is 0.452 e. The highest BCUT2D eigenvalue weighted by Crippen LogP contribution is 2.23. The topological polar surface area (TPSA) is 79.2 Å². The molecule has 0 aromatic heterocycles. The van der Waals surface area contributed by atoms with Crippen molar-refractivity contribution in [3.63, 3.8) is 0 Å². The predicted molar refractivity (Wildman–Crippen MR) is 81.0 cm³/mol. The molecule has 5 nitrogen and oxygen atoms in total. The Morgan fingerprint density at radius 1 is 1.27 bits per heavy atom. The fraction of sp³-hybridized carbons (Fsp3) is 0.471. The molecule has 2 rings (SSSR count). The quantitative estimate of drug-likeness (QED) is 0.866. The molecule has 1 fully saturated rings. The smallest absolute Gasteiger partial charge is 0.338 e. The van der Waals surface area contributed by atoms with Gasteiger partial charge >= 0.3 is 5.97 Å². The van der Waals surface area contributed by atoms with E-state index in [2.05, 4.69) is 12.2 Å². The summed E-state index contributed by atoms with van der Waals surface area (Å²) in [5.74, 6) is -0.357. The van der Waals surface area contributed by atoms with E-state index in [9.17, 15) is 9.59 Å².